The molecular formula is C20H19BrN8. The van der Waals surface area contributed by atoms with Crippen molar-refractivity contribution in [3.63, 3.8) is 0 Å². The van der Waals surface area contributed by atoms with Gasteiger partial charge in [0.15, 0.2) is 17.1 Å². The average molecular weight is 451 g/mol. The lowest BCUT2D eigenvalue weighted by atomic mass is 10.1. The van der Waals surface area contributed by atoms with Crippen LogP contribution < -0.4 is 0 Å². The van der Waals surface area contributed by atoms with Gasteiger partial charge in [-0.3, -0.25) is 4.68 Å². The van der Waals surface area contributed by atoms with Gasteiger partial charge in [-0.1, -0.05) is 25.1 Å². The van der Waals surface area contributed by atoms with E-state index in [4.69, 9.17) is 4.98 Å². The summed E-state index contributed by atoms with van der Waals surface area (Å²) < 4.78 is 6.59. The van der Waals surface area contributed by atoms with Gasteiger partial charge < -0.3 is 0 Å². The standard InChI is InChI=1S/C20H19BrN8/c1-12(10-27-14(3)17(21)13(2)25-27)18-24-20-16-9-23-29(15-7-5-4-6-8-15)19(16)22-11-28(20)26-18/h4-9,11-12H,10H2,1-3H3/t12-/m1/s1. The molecule has 0 radical (unpaired) electrons. The van der Waals surface area contributed by atoms with E-state index in [0.29, 0.717) is 6.54 Å². The molecule has 0 saturated heterocycles. The van der Waals surface area contributed by atoms with Crippen LogP contribution in [0, 0.1) is 13.8 Å². The molecule has 0 amide bonds. The third-order valence-corrected chi connectivity index (χ3v) is 6.25. The molecule has 146 valence electrons. The van der Waals surface area contributed by atoms with Crippen molar-refractivity contribution >= 4 is 32.6 Å². The number of halogens is 1. The largest absolute Gasteiger partial charge is 0.268 e. The van der Waals surface area contributed by atoms with Gasteiger partial charge in [0, 0.05) is 11.6 Å². The maximum absolute atomic E-state index is 4.81. The highest BCUT2D eigenvalue weighted by Gasteiger charge is 2.19. The summed E-state index contributed by atoms with van der Waals surface area (Å²) in [4.78, 5) is 9.38. The molecule has 29 heavy (non-hydrogen) atoms. The van der Waals surface area contributed by atoms with Crippen molar-refractivity contribution < 1.29 is 0 Å². The van der Waals surface area contributed by atoms with Crippen LogP contribution in [0.3, 0.4) is 0 Å². The van der Waals surface area contributed by atoms with Crippen molar-refractivity contribution in [1.82, 2.24) is 39.1 Å². The summed E-state index contributed by atoms with van der Waals surface area (Å²) in [6.45, 7) is 6.86. The number of aromatic nitrogens is 8. The van der Waals surface area contributed by atoms with Crippen molar-refractivity contribution in [2.75, 3.05) is 0 Å². The number of para-hydroxylation sites is 1. The molecule has 0 spiro atoms. The van der Waals surface area contributed by atoms with Crippen LogP contribution in [0.15, 0.2) is 47.3 Å². The lowest BCUT2D eigenvalue weighted by Crippen LogP contribution is -2.10. The first-order chi connectivity index (χ1) is 14.0. The third-order valence-electron chi connectivity index (χ3n) is 5.10. The molecule has 8 nitrogen and oxygen atoms in total. The summed E-state index contributed by atoms with van der Waals surface area (Å²) in [5.41, 5.74) is 4.57. The summed E-state index contributed by atoms with van der Waals surface area (Å²) in [5.74, 6) is 0.856. The van der Waals surface area contributed by atoms with E-state index in [-0.39, 0.29) is 5.92 Å². The molecule has 0 aliphatic carbocycles. The highest BCUT2D eigenvalue weighted by Crippen LogP contribution is 2.24. The molecule has 0 unspecified atom stereocenters. The summed E-state index contributed by atoms with van der Waals surface area (Å²) in [6, 6.07) is 9.95. The fourth-order valence-electron chi connectivity index (χ4n) is 3.50. The number of rotatable bonds is 4. The molecule has 1 aromatic carbocycles. The number of nitrogens with zero attached hydrogens (tertiary/aromatic N) is 8. The van der Waals surface area contributed by atoms with E-state index in [1.807, 2.05) is 46.6 Å². The van der Waals surface area contributed by atoms with Gasteiger partial charge >= 0.3 is 0 Å². The van der Waals surface area contributed by atoms with Crippen LogP contribution in [0.2, 0.25) is 0 Å². The zero-order chi connectivity index (χ0) is 20.1. The lowest BCUT2D eigenvalue weighted by molar-refractivity contribution is 0.512. The first-order valence-electron chi connectivity index (χ1n) is 9.37. The van der Waals surface area contributed by atoms with Gasteiger partial charge in [-0.05, 0) is 41.9 Å². The second kappa shape index (κ2) is 6.77. The van der Waals surface area contributed by atoms with Gasteiger partial charge in [-0.25, -0.2) is 19.2 Å². The molecule has 5 aromatic rings. The summed E-state index contributed by atoms with van der Waals surface area (Å²) in [7, 11) is 0. The Bertz CT molecular complexity index is 1330. The molecule has 5 rings (SSSR count). The minimum atomic E-state index is 0.0963. The Kier molecular flexibility index (Phi) is 4.20. The van der Waals surface area contributed by atoms with Crippen molar-refractivity contribution in [2.24, 2.45) is 0 Å². The zero-order valence-electron chi connectivity index (χ0n) is 16.3. The molecular weight excluding hydrogens is 432 g/mol. The van der Waals surface area contributed by atoms with E-state index >= 15 is 0 Å². The second-order valence-corrected chi connectivity index (χ2v) is 7.97. The highest BCUT2D eigenvalue weighted by molar-refractivity contribution is 9.10. The van der Waals surface area contributed by atoms with E-state index < -0.39 is 0 Å². The summed E-state index contributed by atoms with van der Waals surface area (Å²) in [6.07, 6.45) is 3.49. The molecule has 4 aromatic heterocycles. The van der Waals surface area contributed by atoms with E-state index in [0.717, 1.165) is 44.1 Å². The van der Waals surface area contributed by atoms with Gasteiger partial charge in [0.1, 0.15) is 6.33 Å². The van der Waals surface area contributed by atoms with Crippen LogP contribution in [0.1, 0.15) is 30.1 Å². The van der Waals surface area contributed by atoms with E-state index in [9.17, 15) is 0 Å². The molecule has 0 aliphatic heterocycles. The summed E-state index contributed by atoms with van der Waals surface area (Å²) >= 11 is 3.59. The number of fused-ring (bicyclic) bond motifs is 3. The second-order valence-electron chi connectivity index (χ2n) is 7.18. The van der Waals surface area contributed by atoms with Gasteiger partial charge in [-0.15, -0.1) is 5.10 Å². The lowest BCUT2D eigenvalue weighted by Gasteiger charge is -2.09. The van der Waals surface area contributed by atoms with Crippen LogP contribution >= 0.6 is 15.9 Å². The zero-order valence-corrected chi connectivity index (χ0v) is 17.9. The predicted octanol–water partition coefficient (Wildman–Crippen LogP) is 3.84. The van der Waals surface area contributed by atoms with Gasteiger partial charge in [0.2, 0.25) is 0 Å². The van der Waals surface area contributed by atoms with Crippen molar-refractivity contribution in [1.29, 1.82) is 0 Å². The van der Waals surface area contributed by atoms with Gasteiger partial charge in [0.05, 0.1) is 34.0 Å². The molecule has 0 N–H and O–H groups in total. The Morgan fingerprint density at radius 2 is 1.86 bits per heavy atom. The maximum Gasteiger partial charge on any atom is 0.170 e. The first-order valence-corrected chi connectivity index (χ1v) is 10.2. The molecule has 4 heterocycles. The van der Waals surface area contributed by atoms with E-state index in [1.54, 1.807) is 17.0 Å². The van der Waals surface area contributed by atoms with Crippen LogP contribution in [0.4, 0.5) is 0 Å². The highest BCUT2D eigenvalue weighted by atomic mass is 79.9. The SMILES string of the molecule is Cc1nn(C[C@@H](C)c2nc3c4cnn(-c5ccccc5)c4ncn3n2)c(C)c1Br. The minimum Gasteiger partial charge on any atom is -0.268 e. The Morgan fingerprint density at radius 3 is 2.59 bits per heavy atom. The van der Waals surface area contributed by atoms with Crippen LogP contribution in [0.25, 0.3) is 22.4 Å². The average Bonchev–Trinajstić information content (AvgIpc) is 3.41. The van der Waals surface area contributed by atoms with Crippen molar-refractivity contribution in [2.45, 2.75) is 33.2 Å². The number of aryl methyl sites for hydroxylation is 1. The van der Waals surface area contributed by atoms with E-state index in [2.05, 4.69) is 50.1 Å². The minimum absolute atomic E-state index is 0.0963. The molecule has 0 aliphatic rings. The van der Waals surface area contributed by atoms with Crippen LogP contribution in [-0.4, -0.2) is 39.1 Å². The van der Waals surface area contributed by atoms with E-state index in [1.165, 1.54) is 0 Å². The van der Waals surface area contributed by atoms with Crippen LogP contribution in [0.5, 0.6) is 0 Å². The monoisotopic (exact) mass is 450 g/mol. The van der Waals surface area contributed by atoms with Gasteiger partial charge in [0.25, 0.3) is 0 Å². The van der Waals surface area contributed by atoms with Crippen molar-refractivity contribution in [3.05, 3.63) is 64.5 Å². The molecule has 0 saturated carbocycles. The predicted molar refractivity (Wildman–Crippen MR) is 113 cm³/mol. The topological polar surface area (TPSA) is 78.7 Å². The third kappa shape index (κ3) is 2.93. The normalized spacial score (nSPS) is 12.8. The molecule has 1 atom stereocenters. The molecule has 0 fully saturated rings. The Hall–Kier alpha value is -3.07. The number of hydrogen-bond donors (Lipinski definition) is 0. The quantitative estimate of drug-likeness (QED) is 0.415. The fourth-order valence-corrected chi connectivity index (χ4v) is 3.78. The summed E-state index contributed by atoms with van der Waals surface area (Å²) in [5, 5.41) is 14.6. The Labute approximate surface area is 175 Å². The van der Waals surface area contributed by atoms with Gasteiger partial charge in [-0.2, -0.15) is 10.2 Å². The van der Waals surface area contributed by atoms with Crippen LogP contribution in [-0.2, 0) is 6.54 Å². The molecule has 0 bridgehead atoms. The first kappa shape index (κ1) is 18.0. The number of benzene rings is 1. The molecule has 9 heteroatoms. The Morgan fingerprint density at radius 1 is 1.07 bits per heavy atom. The smallest absolute Gasteiger partial charge is 0.170 e. The van der Waals surface area contributed by atoms with Crippen molar-refractivity contribution in [3.8, 4) is 5.69 Å². The fraction of sp³-hybridized carbons (Fsp3) is 0.250. The Balaban J connectivity index is 1.54. The number of hydrogen-bond acceptors (Lipinski definition) is 5. The maximum atomic E-state index is 4.81.